The normalized spacial score (nSPS) is 18.6. The first-order valence-electron chi connectivity index (χ1n) is 6.73. The quantitative estimate of drug-likeness (QED) is 0.881. The predicted molar refractivity (Wildman–Crippen MR) is 84.2 cm³/mol. The smallest absolute Gasteiger partial charge is 0.0991 e. The SMILES string of the molecule is CCC1CC(=S)NN=C1c1ccc(-n2ccnc2)cc1. The zero-order valence-corrected chi connectivity index (χ0v) is 12.1. The lowest BCUT2D eigenvalue weighted by Crippen LogP contribution is -2.32. The molecule has 102 valence electrons. The molecule has 1 aliphatic rings. The molecule has 1 aromatic heterocycles. The van der Waals surface area contributed by atoms with E-state index in [4.69, 9.17) is 12.2 Å². The number of nitrogens with one attached hydrogen (secondary N) is 1. The molecule has 0 saturated heterocycles. The third kappa shape index (κ3) is 2.49. The first kappa shape index (κ1) is 13.0. The standard InChI is InChI=1S/C15H16N4S/c1-2-11-9-14(20)17-18-15(11)12-3-5-13(6-4-12)19-8-7-16-10-19/h3-8,10-11H,2,9H2,1H3,(H,17,20). The average Bonchev–Trinajstić information content (AvgIpc) is 3.01. The molecule has 0 aliphatic carbocycles. The number of hydrogen-bond acceptors (Lipinski definition) is 3. The molecule has 0 saturated carbocycles. The summed E-state index contributed by atoms with van der Waals surface area (Å²) in [6.45, 7) is 2.17. The summed E-state index contributed by atoms with van der Waals surface area (Å²) in [4.78, 5) is 4.89. The number of hydrazone groups is 1. The maximum atomic E-state index is 5.20. The van der Waals surface area contributed by atoms with Crippen LogP contribution in [-0.4, -0.2) is 20.3 Å². The van der Waals surface area contributed by atoms with E-state index in [1.54, 1.807) is 12.5 Å². The zero-order valence-electron chi connectivity index (χ0n) is 11.3. The van der Waals surface area contributed by atoms with Crippen LogP contribution in [0.5, 0.6) is 0 Å². The van der Waals surface area contributed by atoms with Gasteiger partial charge in [-0.2, -0.15) is 5.10 Å². The van der Waals surface area contributed by atoms with Crippen LogP contribution in [0.3, 0.4) is 0 Å². The first-order valence-corrected chi connectivity index (χ1v) is 7.14. The molecule has 0 spiro atoms. The van der Waals surface area contributed by atoms with Gasteiger partial charge in [0.05, 0.1) is 17.0 Å². The van der Waals surface area contributed by atoms with Crippen molar-refractivity contribution in [1.82, 2.24) is 15.0 Å². The van der Waals surface area contributed by atoms with Gasteiger partial charge in [0.1, 0.15) is 0 Å². The Kier molecular flexibility index (Phi) is 3.60. The number of aromatic nitrogens is 2. The highest BCUT2D eigenvalue weighted by Gasteiger charge is 2.22. The monoisotopic (exact) mass is 284 g/mol. The lowest BCUT2D eigenvalue weighted by atomic mass is 9.90. The second-order valence-electron chi connectivity index (χ2n) is 4.86. The van der Waals surface area contributed by atoms with E-state index in [1.165, 1.54) is 0 Å². The Hall–Kier alpha value is -2.01. The molecule has 0 radical (unpaired) electrons. The maximum Gasteiger partial charge on any atom is 0.0991 e. The van der Waals surface area contributed by atoms with Gasteiger partial charge in [-0.25, -0.2) is 4.98 Å². The van der Waals surface area contributed by atoms with Crippen molar-refractivity contribution < 1.29 is 0 Å². The third-order valence-corrected chi connectivity index (χ3v) is 3.84. The van der Waals surface area contributed by atoms with Crippen LogP contribution >= 0.6 is 12.2 Å². The molecule has 0 bridgehead atoms. The molecule has 2 heterocycles. The van der Waals surface area contributed by atoms with E-state index in [-0.39, 0.29) is 0 Å². The van der Waals surface area contributed by atoms with Crippen molar-refractivity contribution in [1.29, 1.82) is 0 Å². The van der Waals surface area contributed by atoms with Gasteiger partial charge < -0.3 is 4.57 Å². The molecular formula is C15H16N4S. The van der Waals surface area contributed by atoms with Crippen LogP contribution in [0.1, 0.15) is 25.3 Å². The van der Waals surface area contributed by atoms with Gasteiger partial charge in [0.2, 0.25) is 0 Å². The van der Waals surface area contributed by atoms with Gasteiger partial charge >= 0.3 is 0 Å². The van der Waals surface area contributed by atoms with Crippen LogP contribution in [0.15, 0.2) is 48.1 Å². The average molecular weight is 284 g/mol. The topological polar surface area (TPSA) is 42.2 Å². The number of nitrogens with zero attached hydrogens (tertiary/aromatic N) is 3. The van der Waals surface area contributed by atoms with E-state index >= 15 is 0 Å². The van der Waals surface area contributed by atoms with E-state index < -0.39 is 0 Å². The largest absolute Gasteiger partial charge is 0.306 e. The fraction of sp³-hybridized carbons (Fsp3) is 0.267. The van der Waals surface area contributed by atoms with Crippen molar-refractivity contribution >= 4 is 22.9 Å². The van der Waals surface area contributed by atoms with Gasteiger partial charge in [0, 0.05) is 30.4 Å². The molecule has 5 heteroatoms. The Morgan fingerprint density at radius 1 is 1.35 bits per heavy atom. The highest BCUT2D eigenvalue weighted by Crippen LogP contribution is 2.21. The van der Waals surface area contributed by atoms with Gasteiger partial charge in [-0.3, -0.25) is 5.43 Å². The summed E-state index contributed by atoms with van der Waals surface area (Å²) in [5.74, 6) is 0.405. The van der Waals surface area contributed by atoms with Crippen LogP contribution in [0, 0.1) is 5.92 Å². The van der Waals surface area contributed by atoms with Crippen LogP contribution < -0.4 is 5.43 Å². The van der Waals surface area contributed by atoms with Crippen molar-refractivity contribution in [3.63, 3.8) is 0 Å². The van der Waals surface area contributed by atoms with E-state index in [2.05, 4.69) is 46.7 Å². The van der Waals surface area contributed by atoms with Gasteiger partial charge in [-0.15, -0.1) is 0 Å². The van der Waals surface area contributed by atoms with Crippen molar-refractivity contribution in [3.05, 3.63) is 48.5 Å². The Balaban J connectivity index is 1.89. The molecule has 1 N–H and O–H groups in total. The molecule has 1 unspecified atom stereocenters. The van der Waals surface area contributed by atoms with Crippen LogP contribution in [0.4, 0.5) is 0 Å². The fourth-order valence-corrected chi connectivity index (χ4v) is 2.68. The molecule has 1 aliphatic heterocycles. The van der Waals surface area contributed by atoms with E-state index in [9.17, 15) is 0 Å². The van der Waals surface area contributed by atoms with Crippen LogP contribution in [0.25, 0.3) is 5.69 Å². The fourth-order valence-electron chi connectivity index (χ4n) is 2.43. The second-order valence-corrected chi connectivity index (χ2v) is 5.35. The lowest BCUT2D eigenvalue weighted by molar-refractivity contribution is 0.662. The van der Waals surface area contributed by atoms with E-state index in [0.29, 0.717) is 5.92 Å². The molecule has 2 aromatic rings. The van der Waals surface area contributed by atoms with Gasteiger partial charge in [-0.05, 0) is 24.1 Å². The number of thiocarbonyl (C=S) groups is 1. The zero-order chi connectivity index (χ0) is 13.9. The second kappa shape index (κ2) is 5.54. The van der Waals surface area contributed by atoms with Crippen molar-refractivity contribution in [2.45, 2.75) is 19.8 Å². The van der Waals surface area contributed by atoms with Crippen LogP contribution in [0.2, 0.25) is 0 Å². The third-order valence-electron chi connectivity index (χ3n) is 3.58. The molecule has 0 amide bonds. The molecule has 1 aromatic carbocycles. The predicted octanol–water partition coefficient (Wildman–Crippen LogP) is 2.92. The molecule has 20 heavy (non-hydrogen) atoms. The summed E-state index contributed by atoms with van der Waals surface area (Å²) in [5.41, 5.74) is 6.28. The Bertz CT molecular complexity index is 628. The van der Waals surface area contributed by atoms with Crippen molar-refractivity contribution in [2.24, 2.45) is 11.0 Å². The van der Waals surface area contributed by atoms with Gasteiger partial charge in [-0.1, -0.05) is 31.3 Å². The molecule has 4 nitrogen and oxygen atoms in total. The van der Waals surface area contributed by atoms with E-state index in [1.807, 2.05) is 10.8 Å². The summed E-state index contributed by atoms with van der Waals surface area (Å²) < 4.78 is 1.98. The lowest BCUT2D eigenvalue weighted by Gasteiger charge is -2.23. The van der Waals surface area contributed by atoms with Gasteiger partial charge in [0.15, 0.2) is 0 Å². The Morgan fingerprint density at radius 2 is 2.15 bits per heavy atom. The summed E-state index contributed by atoms with van der Waals surface area (Å²) >= 11 is 5.20. The number of rotatable bonds is 3. The molecule has 1 atom stereocenters. The molecule has 3 rings (SSSR count). The number of hydrogen-bond donors (Lipinski definition) is 1. The minimum atomic E-state index is 0.405. The highest BCUT2D eigenvalue weighted by molar-refractivity contribution is 7.80. The minimum Gasteiger partial charge on any atom is -0.306 e. The number of imidazole rings is 1. The Morgan fingerprint density at radius 3 is 2.80 bits per heavy atom. The maximum absolute atomic E-state index is 5.20. The van der Waals surface area contributed by atoms with Gasteiger partial charge in [0.25, 0.3) is 0 Å². The summed E-state index contributed by atoms with van der Waals surface area (Å²) in [6, 6.07) is 8.37. The summed E-state index contributed by atoms with van der Waals surface area (Å²) in [7, 11) is 0. The Labute approximate surface area is 123 Å². The van der Waals surface area contributed by atoms with Crippen LogP contribution in [-0.2, 0) is 0 Å². The highest BCUT2D eigenvalue weighted by atomic mass is 32.1. The molecule has 0 fully saturated rings. The van der Waals surface area contributed by atoms with Crippen molar-refractivity contribution in [3.8, 4) is 5.69 Å². The summed E-state index contributed by atoms with van der Waals surface area (Å²) in [6.07, 6.45) is 7.43. The molecular weight excluding hydrogens is 268 g/mol. The number of benzene rings is 1. The minimum absolute atomic E-state index is 0.405. The van der Waals surface area contributed by atoms with E-state index in [0.717, 1.165) is 34.8 Å². The van der Waals surface area contributed by atoms with Crippen molar-refractivity contribution in [2.75, 3.05) is 0 Å². The summed E-state index contributed by atoms with van der Waals surface area (Å²) in [5, 5.41) is 4.43. The first-order chi connectivity index (χ1) is 9.78.